The summed E-state index contributed by atoms with van der Waals surface area (Å²) in [5.74, 6) is 0.748. The number of nitrogens with zero attached hydrogens (tertiary/aromatic N) is 1. The third kappa shape index (κ3) is 4.68. The zero-order chi connectivity index (χ0) is 12.8. The SMILES string of the molecule is CC(C)CCN(C)c1ccc(CCN)c(Br)c1. The van der Waals surface area contributed by atoms with Gasteiger partial charge in [-0.2, -0.15) is 0 Å². The molecule has 2 N–H and O–H groups in total. The zero-order valence-electron chi connectivity index (χ0n) is 11.0. The van der Waals surface area contributed by atoms with Crippen LogP contribution in [0.3, 0.4) is 0 Å². The minimum absolute atomic E-state index is 0.696. The first-order chi connectivity index (χ1) is 8.04. The van der Waals surface area contributed by atoms with Crippen molar-refractivity contribution >= 4 is 21.6 Å². The molecular formula is C14H23BrN2. The Kier molecular flexibility index (Phi) is 6.00. The largest absolute Gasteiger partial charge is 0.375 e. The van der Waals surface area contributed by atoms with E-state index in [4.69, 9.17) is 5.73 Å². The molecule has 0 saturated heterocycles. The van der Waals surface area contributed by atoms with Gasteiger partial charge in [-0.25, -0.2) is 0 Å². The molecule has 0 radical (unpaired) electrons. The molecular weight excluding hydrogens is 276 g/mol. The molecule has 0 aliphatic rings. The van der Waals surface area contributed by atoms with E-state index in [1.807, 2.05) is 0 Å². The van der Waals surface area contributed by atoms with Crippen molar-refractivity contribution in [2.45, 2.75) is 26.7 Å². The molecule has 1 aromatic carbocycles. The standard InChI is InChI=1S/C14H23BrN2/c1-11(2)7-9-17(3)13-5-4-12(6-8-16)14(15)10-13/h4-5,10-11H,6-9,16H2,1-3H3. The van der Waals surface area contributed by atoms with Gasteiger partial charge in [0.25, 0.3) is 0 Å². The van der Waals surface area contributed by atoms with Crippen LogP contribution >= 0.6 is 15.9 Å². The zero-order valence-corrected chi connectivity index (χ0v) is 12.6. The van der Waals surface area contributed by atoms with Gasteiger partial charge in [-0.05, 0) is 43.0 Å². The lowest BCUT2D eigenvalue weighted by Gasteiger charge is -2.21. The highest BCUT2D eigenvalue weighted by Crippen LogP contribution is 2.24. The molecule has 17 heavy (non-hydrogen) atoms. The summed E-state index contributed by atoms with van der Waals surface area (Å²) >= 11 is 3.61. The van der Waals surface area contributed by atoms with Crippen LogP contribution in [0, 0.1) is 5.92 Å². The lowest BCUT2D eigenvalue weighted by atomic mass is 10.1. The Morgan fingerprint density at radius 3 is 2.59 bits per heavy atom. The van der Waals surface area contributed by atoms with Gasteiger partial charge in [0, 0.05) is 23.8 Å². The van der Waals surface area contributed by atoms with E-state index in [1.165, 1.54) is 17.7 Å². The summed E-state index contributed by atoms with van der Waals surface area (Å²) in [4.78, 5) is 2.30. The second-order valence-corrected chi connectivity index (χ2v) is 5.77. The van der Waals surface area contributed by atoms with Crippen LogP contribution in [0.15, 0.2) is 22.7 Å². The van der Waals surface area contributed by atoms with Gasteiger partial charge in [0.05, 0.1) is 0 Å². The quantitative estimate of drug-likeness (QED) is 0.872. The molecule has 0 saturated carbocycles. The van der Waals surface area contributed by atoms with Gasteiger partial charge in [-0.1, -0.05) is 35.8 Å². The van der Waals surface area contributed by atoms with E-state index in [1.54, 1.807) is 0 Å². The molecule has 0 fully saturated rings. The topological polar surface area (TPSA) is 29.3 Å². The number of nitrogens with two attached hydrogens (primary N) is 1. The number of hydrogen-bond acceptors (Lipinski definition) is 2. The van der Waals surface area contributed by atoms with Crippen LogP contribution < -0.4 is 10.6 Å². The van der Waals surface area contributed by atoms with Crippen LogP contribution in [0.2, 0.25) is 0 Å². The van der Waals surface area contributed by atoms with Gasteiger partial charge in [0.2, 0.25) is 0 Å². The van der Waals surface area contributed by atoms with Crippen molar-refractivity contribution in [2.75, 3.05) is 25.0 Å². The molecule has 0 aliphatic carbocycles. The van der Waals surface area contributed by atoms with E-state index >= 15 is 0 Å². The van der Waals surface area contributed by atoms with E-state index in [0.29, 0.717) is 6.54 Å². The summed E-state index contributed by atoms with van der Waals surface area (Å²) < 4.78 is 1.16. The number of anilines is 1. The first-order valence-electron chi connectivity index (χ1n) is 6.24. The van der Waals surface area contributed by atoms with Crippen molar-refractivity contribution in [2.24, 2.45) is 11.7 Å². The van der Waals surface area contributed by atoms with Gasteiger partial charge in [-0.3, -0.25) is 0 Å². The molecule has 0 aliphatic heterocycles. The van der Waals surface area contributed by atoms with Crippen molar-refractivity contribution in [3.63, 3.8) is 0 Å². The molecule has 0 aromatic heterocycles. The molecule has 0 amide bonds. The summed E-state index contributed by atoms with van der Waals surface area (Å²) in [6.07, 6.45) is 2.15. The van der Waals surface area contributed by atoms with Crippen LogP contribution in [-0.4, -0.2) is 20.1 Å². The van der Waals surface area contributed by atoms with Crippen molar-refractivity contribution in [1.29, 1.82) is 0 Å². The van der Waals surface area contributed by atoms with Crippen molar-refractivity contribution < 1.29 is 0 Å². The summed E-state index contributed by atoms with van der Waals surface area (Å²) in [6, 6.07) is 6.53. The third-order valence-electron chi connectivity index (χ3n) is 2.93. The first kappa shape index (κ1) is 14.5. The van der Waals surface area contributed by atoms with E-state index in [-0.39, 0.29) is 0 Å². The first-order valence-corrected chi connectivity index (χ1v) is 7.03. The normalized spacial score (nSPS) is 10.9. The molecule has 0 heterocycles. The Morgan fingerprint density at radius 1 is 1.35 bits per heavy atom. The van der Waals surface area contributed by atoms with Gasteiger partial charge >= 0.3 is 0 Å². The summed E-state index contributed by atoms with van der Waals surface area (Å²) in [5, 5.41) is 0. The van der Waals surface area contributed by atoms with E-state index in [9.17, 15) is 0 Å². The van der Waals surface area contributed by atoms with Crippen molar-refractivity contribution in [3.8, 4) is 0 Å². The molecule has 1 aromatic rings. The maximum Gasteiger partial charge on any atom is 0.0375 e. The molecule has 0 bridgehead atoms. The molecule has 96 valence electrons. The van der Waals surface area contributed by atoms with Gasteiger partial charge in [0.1, 0.15) is 0 Å². The molecule has 0 spiro atoms. The number of hydrogen-bond donors (Lipinski definition) is 1. The van der Waals surface area contributed by atoms with Crippen LogP contribution in [0.4, 0.5) is 5.69 Å². The van der Waals surface area contributed by atoms with Crippen LogP contribution in [-0.2, 0) is 6.42 Å². The van der Waals surface area contributed by atoms with Gasteiger partial charge in [0.15, 0.2) is 0 Å². The second-order valence-electron chi connectivity index (χ2n) is 4.92. The monoisotopic (exact) mass is 298 g/mol. The second kappa shape index (κ2) is 7.02. The lowest BCUT2D eigenvalue weighted by Crippen LogP contribution is -2.19. The van der Waals surface area contributed by atoms with E-state index < -0.39 is 0 Å². The molecule has 3 heteroatoms. The maximum atomic E-state index is 5.58. The number of benzene rings is 1. The average Bonchev–Trinajstić information content (AvgIpc) is 2.28. The molecule has 0 atom stereocenters. The Balaban J connectivity index is 2.68. The highest BCUT2D eigenvalue weighted by atomic mass is 79.9. The minimum atomic E-state index is 0.696. The van der Waals surface area contributed by atoms with Gasteiger partial charge < -0.3 is 10.6 Å². The van der Waals surface area contributed by atoms with E-state index in [2.05, 4.69) is 59.9 Å². The minimum Gasteiger partial charge on any atom is -0.375 e. The fourth-order valence-electron chi connectivity index (χ4n) is 1.71. The predicted molar refractivity (Wildman–Crippen MR) is 79.6 cm³/mol. The summed E-state index contributed by atoms with van der Waals surface area (Å²) in [5.41, 5.74) is 8.12. The smallest absolute Gasteiger partial charge is 0.0375 e. The molecule has 0 unspecified atom stereocenters. The number of rotatable bonds is 6. The Hall–Kier alpha value is -0.540. The lowest BCUT2D eigenvalue weighted by molar-refractivity contribution is 0.585. The Bertz CT molecular complexity index is 350. The van der Waals surface area contributed by atoms with E-state index in [0.717, 1.165) is 23.4 Å². The maximum absolute atomic E-state index is 5.58. The Labute approximate surface area is 113 Å². The van der Waals surface area contributed by atoms with Crippen LogP contribution in [0.1, 0.15) is 25.8 Å². The highest BCUT2D eigenvalue weighted by molar-refractivity contribution is 9.10. The summed E-state index contributed by atoms with van der Waals surface area (Å²) in [7, 11) is 2.15. The third-order valence-corrected chi connectivity index (χ3v) is 3.67. The average molecular weight is 299 g/mol. The predicted octanol–water partition coefficient (Wildman–Crippen LogP) is 3.43. The highest BCUT2D eigenvalue weighted by Gasteiger charge is 2.05. The van der Waals surface area contributed by atoms with Crippen molar-refractivity contribution in [3.05, 3.63) is 28.2 Å². The van der Waals surface area contributed by atoms with Gasteiger partial charge in [-0.15, -0.1) is 0 Å². The number of halogens is 1. The van der Waals surface area contributed by atoms with Crippen LogP contribution in [0.5, 0.6) is 0 Å². The van der Waals surface area contributed by atoms with Crippen LogP contribution in [0.25, 0.3) is 0 Å². The molecule has 1 rings (SSSR count). The fourth-order valence-corrected chi connectivity index (χ4v) is 2.28. The Morgan fingerprint density at radius 2 is 2.06 bits per heavy atom. The molecule has 2 nitrogen and oxygen atoms in total. The fraction of sp³-hybridized carbons (Fsp3) is 0.571. The summed E-state index contributed by atoms with van der Waals surface area (Å²) in [6.45, 7) is 6.31. The van der Waals surface area contributed by atoms with Crippen molar-refractivity contribution in [1.82, 2.24) is 0 Å².